The van der Waals surface area contributed by atoms with E-state index < -0.39 is 0 Å². The van der Waals surface area contributed by atoms with Gasteiger partial charge in [-0.25, -0.2) is 0 Å². The van der Waals surface area contributed by atoms with Gasteiger partial charge in [-0.05, 0) is 39.5 Å². The molecule has 0 fully saturated rings. The summed E-state index contributed by atoms with van der Waals surface area (Å²) in [6.07, 6.45) is 0. The molecule has 0 amide bonds. The zero-order valence-corrected chi connectivity index (χ0v) is 15.1. The van der Waals surface area contributed by atoms with E-state index in [0.717, 1.165) is 33.0 Å². The second-order valence-corrected chi connectivity index (χ2v) is 8.54. The van der Waals surface area contributed by atoms with E-state index >= 15 is 0 Å². The molecule has 0 radical (unpaired) electrons. The summed E-state index contributed by atoms with van der Waals surface area (Å²) in [5.74, 6) is 0. The SMILES string of the molecule is CC(C)(C)c1cc2c3c(cc(C(C)(C)C)cc3c1)C(=N\O)/C2=N/O. The Hall–Kier alpha value is -2.36. The fourth-order valence-corrected chi connectivity index (χ4v) is 3.21. The van der Waals surface area contributed by atoms with Gasteiger partial charge in [-0.15, -0.1) is 0 Å². The molecule has 2 aromatic rings. The summed E-state index contributed by atoms with van der Waals surface area (Å²) >= 11 is 0. The average molecular weight is 324 g/mol. The van der Waals surface area contributed by atoms with E-state index in [-0.39, 0.29) is 10.8 Å². The Morgan fingerprint density at radius 2 is 1.04 bits per heavy atom. The molecule has 1 aliphatic rings. The summed E-state index contributed by atoms with van der Waals surface area (Å²) in [5.41, 5.74) is 4.53. The van der Waals surface area contributed by atoms with Gasteiger partial charge in [0.25, 0.3) is 0 Å². The second-order valence-electron chi connectivity index (χ2n) is 8.54. The van der Waals surface area contributed by atoms with Crippen molar-refractivity contribution < 1.29 is 10.4 Å². The van der Waals surface area contributed by atoms with Crippen LogP contribution in [0.4, 0.5) is 0 Å². The third-order valence-electron chi connectivity index (χ3n) is 4.72. The van der Waals surface area contributed by atoms with Gasteiger partial charge in [0.1, 0.15) is 11.4 Å². The highest BCUT2D eigenvalue weighted by atomic mass is 16.4. The van der Waals surface area contributed by atoms with Crippen molar-refractivity contribution in [1.29, 1.82) is 0 Å². The van der Waals surface area contributed by atoms with Crippen LogP contribution in [-0.4, -0.2) is 21.8 Å². The van der Waals surface area contributed by atoms with Crippen LogP contribution in [0.15, 0.2) is 34.6 Å². The fraction of sp³-hybridized carbons (Fsp3) is 0.400. The summed E-state index contributed by atoms with van der Waals surface area (Å²) in [5, 5.41) is 27.9. The van der Waals surface area contributed by atoms with Crippen LogP contribution < -0.4 is 0 Å². The molecule has 0 unspecified atom stereocenters. The average Bonchev–Trinajstić information content (AvgIpc) is 2.79. The van der Waals surface area contributed by atoms with Crippen molar-refractivity contribution in [3.8, 4) is 0 Å². The number of hydrogen-bond acceptors (Lipinski definition) is 4. The fourth-order valence-electron chi connectivity index (χ4n) is 3.21. The van der Waals surface area contributed by atoms with Crippen molar-refractivity contribution >= 4 is 22.2 Å². The van der Waals surface area contributed by atoms with E-state index in [1.54, 1.807) is 0 Å². The molecule has 0 bridgehead atoms. The zero-order chi connectivity index (χ0) is 17.9. The van der Waals surface area contributed by atoms with Crippen LogP contribution in [0, 0.1) is 0 Å². The van der Waals surface area contributed by atoms with E-state index in [9.17, 15) is 10.4 Å². The summed E-state index contributed by atoms with van der Waals surface area (Å²) < 4.78 is 0. The highest BCUT2D eigenvalue weighted by Gasteiger charge is 2.32. The first kappa shape index (κ1) is 16.5. The summed E-state index contributed by atoms with van der Waals surface area (Å²) in [6.45, 7) is 12.9. The Morgan fingerprint density at radius 1 is 0.667 bits per heavy atom. The van der Waals surface area contributed by atoms with Gasteiger partial charge in [-0.1, -0.05) is 64.0 Å². The van der Waals surface area contributed by atoms with E-state index in [2.05, 4.69) is 64.0 Å². The molecule has 2 aromatic carbocycles. The maximum atomic E-state index is 9.51. The molecule has 4 nitrogen and oxygen atoms in total. The molecule has 0 saturated heterocycles. The Bertz CT molecular complexity index is 824. The van der Waals surface area contributed by atoms with Gasteiger partial charge in [0.05, 0.1) is 0 Å². The number of oxime groups is 2. The molecule has 0 atom stereocenters. The maximum Gasteiger partial charge on any atom is 0.140 e. The molecule has 1 aliphatic carbocycles. The first-order valence-corrected chi connectivity index (χ1v) is 8.16. The predicted octanol–water partition coefficient (Wildman–Crippen LogP) is 4.81. The zero-order valence-electron chi connectivity index (χ0n) is 15.1. The Balaban J connectivity index is 2.48. The Morgan fingerprint density at radius 3 is 1.33 bits per heavy atom. The van der Waals surface area contributed by atoms with Crippen LogP contribution in [0.25, 0.3) is 10.8 Å². The lowest BCUT2D eigenvalue weighted by molar-refractivity contribution is 0.315. The van der Waals surface area contributed by atoms with Crippen molar-refractivity contribution in [2.75, 3.05) is 0 Å². The highest BCUT2D eigenvalue weighted by Crippen LogP contribution is 2.39. The second kappa shape index (κ2) is 5.07. The molecular weight excluding hydrogens is 300 g/mol. The van der Waals surface area contributed by atoms with Gasteiger partial charge in [0.2, 0.25) is 0 Å². The lowest BCUT2D eigenvalue weighted by atomic mass is 9.82. The summed E-state index contributed by atoms with van der Waals surface area (Å²) in [6, 6.07) is 8.45. The topological polar surface area (TPSA) is 65.2 Å². The van der Waals surface area contributed by atoms with E-state index in [4.69, 9.17) is 0 Å². The van der Waals surface area contributed by atoms with Gasteiger partial charge < -0.3 is 10.4 Å². The number of hydrogen-bond donors (Lipinski definition) is 2. The van der Waals surface area contributed by atoms with Crippen LogP contribution in [0.1, 0.15) is 63.8 Å². The van der Waals surface area contributed by atoms with Crippen molar-refractivity contribution in [2.45, 2.75) is 52.4 Å². The predicted molar refractivity (Wildman–Crippen MR) is 98.0 cm³/mol. The smallest absolute Gasteiger partial charge is 0.140 e. The monoisotopic (exact) mass is 324 g/mol. The van der Waals surface area contributed by atoms with Crippen molar-refractivity contribution in [3.63, 3.8) is 0 Å². The van der Waals surface area contributed by atoms with Crippen LogP contribution >= 0.6 is 0 Å². The van der Waals surface area contributed by atoms with Crippen molar-refractivity contribution in [3.05, 3.63) is 46.5 Å². The third-order valence-corrected chi connectivity index (χ3v) is 4.72. The standard InChI is InChI=1S/C20H24N2O2/c1-19(2,3)12-7-11-8-13(20(4,5)6)10-15-16(11)14(9-12)17(21-23)18(15)22-24/h7-10,23-24H,1-6H3/b21-17+,22-18+. The molecule has 0 aliphatic heterocycles. The maximum absolute atomic E-state index is 9.51. The molecule has 0 aromatic heterocycles. The van der Waals surface area contributed by atoms with E-state index in [1.165, 1.54) is 0 Å². The highest BCUT2D eigenvalue weighted by molar-refractivity contribution is 6.60. The van der Waals surface area contributed by atoms with Gasteiger partial charge >= 0.3 is 0 Å². The molecule has 24 heavy (non-hydrogen) atoms. The van der Waals surface area contributed by atoms with Crippen LogP contribution in [0.3, 0.4) is 0 Å². The lowest BCUT2D eigenvalue weighted by Gasteiger charge is -2.23. The molecule has 0 saturated carbocycles. The van der Waals surface area contributed by atoms with E-state index in [0.29, 0.717) is 11.4 Å². The molecule has 0 heterocycles. The molecule has 4 heteroatoms. The quantitative estimate of drug-likeness (QED) is 0.540. The molecule has 3 rings (SSSR count). The van der Waals surface area contributed by atoms with Gasteiger partial charge in [-0.3, -0.25) is 0 Å². The molecule has 126 valence electrons. The minimum Gasteiger partial charge on any atom is -0.410 e. The van der Waals surface area contributed by atoms with E-state index in [1.807, 2.05) is 12.1 Å². The minimum absolute atomic E-state index is 0.0394. The molecule has 2 N–H and O–H groups in total. The molecule has 0 spiro atoms. The van der Waals surface area contributed by atoms with Crippen molar-refractivity contribution in [2.24, 2.45) is 10.3 Å². The first-order valence-electron chi connectivity index (χ1n) is 8.16. The van der Waals surface area contributed by atoms with Crippen LogP contribution in [-0.2, 0) is 10.8 Å². The largest absolute Gasteiger partial charge is 0.410 e. The first-order chi connectivity index (χ1) is 11.1. The lowest BCUT2D eigenvalue weighted by Crippen LogP contribution is -2.14. The Labute approximate surface area is 142 Å². The number of nitrogens with zero attached hydrogens (tertiary/aromatic N) is 2. The van der Waals surface area contributed by atoms with Crippen LogP contribution in [0.2, 0.25) is 0 Å². The van der Waals surface area contributed by atoms with Crippen LogP contribution in [0.5, 0.6) is 0 Å². The minimum atomic E-state index is -0.0394. The number of benzene rings is 2. The summed E-state index contributed by atoms with van der Waals surface area (Å²) in [7, 11) is 0. The summed E-state index contributed by atoms with van der Waals surface area (Å²) in [4.78, 5) is 0. The van der Waals surface area contributed by atoms with Gasteiger partial charge in [-0.2, -0.15) is 0 Å². The van der Waals surface area contributed by atoms with Crippen molar-refractivity contribution in [1.82, 2.24) is 0 Å². The van der Waals surface area contributed by atoms with Gasteiger partial charge in [0, 0.05) is 16.5 Å². The normalized spacial score (nSPS) is 18.1. The number of rotatable bonds is 0. The van der Waals surface area contributed by atoms with Gasteiger partial charge in [0.15, 0.2) is 0 Å². The third kappa shape index (κ3) is 2.37. The molecular formula is C20H24N2O2. The Kier molecular flexibility index (Phi) is 3.48.